The summed E-state index contributed by atoms with van der Waals surface area (Å²) in [5, 5.41) is 15.7. The van der Waals surface area contributed by atoms with E-state index in [0.29, 0.717) is 0 Å². The molecule has 0 aliphatic heterocycles. The average Bonchev–Trinajstić information content (AvgIpc) is 2.77. The molecule has 2 aromatic rings. The van der Waals surface area contributed by atoms with E-state index in [0.717, 1.165) is 21.1 Å². The quantitative estimate of drug-likeness (QED) is 0.906. The van der Waals surface area contributed by atoms with Crippen LogP contribution >= 0.6 is 27.7 Å². The largest absolute Gasteiger partial charge is 0.310 e. The number of nitrogens with zero attached hydrogens (tertiary/aromatic N) is 4. The first-order valence-electron chi connectivity index (χ1n) is 6.05. The summed E-state index contributed by atoms with van der Waals surface area (Å²) < 4.78 is 2.75. The lowest BCUT2D eigenvalue weighted by atomic mass is 10.1. The Morgan fingerprint density at radius 1 is 1.47 bits per heavy atom. The molecule has 0 fully saturated rings. The van der Waals surface area contributed by atoms with Gasteiger partial charge in [-0.3, -0.25) is 0 Å². The number of nitrogens with one attached hydrogen (secondary N) is 1. The summed E-state index contributed by atoms with van der Waals surface area (Å²) in [7, 11) is 1.84. The SMILES string of the molecule is CCNC(C)c1cc(Br)ccc1Sc1nnnn1C. The minimum absolute atomic E-state index is 0.284. The van der Waals surface area contributed by atoms with Crippen LogP contribution in [0.5, 0.6) is 0 Å². The Hall–Kier alpha value is -0.920. The lowest BCUT2D eigenvalue weighted by molar-refractivity contribution is 0.589. The van der Waals surface area contributed by atoms with Crippen LogP contribution in [0.4, 0.5) is 0 Å². The Morgan fingerprint density at radius 3 is 2.89 bits per heavy atom. The normalized spacial score (nSPS) is 12.6. The molecule has 102 valence electrons. The molecule has 1 heterocycles. The number of rotatable bonds is 5. The molecule has 0 spiro atoms. The second-order valence-electron chi connectivity index (χ2n) is 4.15. The molecule has 0 radical (unpaired) electrons. The zero-order chi connectivity index (χ0) is 13.8. The van der Waals surface area contributed by atoms with Crippen LogP contribution in [0.15, 0.2) is 32.7 Å². The van der Waals surface area contributed by atoms with E-state index >= 15 is 0 Å². The highest BCUT2D eigenvalue weighted by atomic mass is 79.9. The van der Waals surface area contributed by atoms with E-state index in [2.05, 4.69) is 62.8 Å². The van der Waals surface area contributed by atoms with Gasteiger partial charge in [0.2, 0.25) is 5.16 Å². The van der Waals surface area contributed by atoms with E-state index in [1.807, 2.05) is 13.1 Å². The first-order chi connectivity index (χ1) is 9.11. The molecule has 0 bridgehead atoms. The van der Waals surface area contributed by atoms with E-state index in [1.54, 1.807) is 16.4 Å². The number of hydrogen-bond acceptors (Lipinski definition) is 5. The van der Waals surface area contributed by atoms with Crippen molar-refractivity contribution in [2.75, 3.05) is 6.54 Å². The zero-order valence-electron chi connectivity index (χ0n) is 11.1. The van der Waals surface area contributed by atoms with Crippen LogP contribution < -0.4 is 5.32 Å². The summed E-state index contributed by atoms with van der Waals surface area (Å²) in [6, 6.07) is 6.55. The van der Waals surface area contributed by atoms with Crippen LogP contribution in [0, 0.1) is 0 Å². The number of aromatic nitrogens is 4. The summed E-state index contributed by atoms with van der Waals surface area (Å²) in [5.41, 5.74) is 1.24. The van der Waals surface area contributed by atoms with Crippen molar-refractivity contribution < 1.29 is 0 Å². The third-order valence-corrected chi connectivity index (χ3v) is 4.34. The Kier molecular flexibility index (Phi) is 4.95. The molecule has 1 aromatic heterocycles. The minimum atomic E-state index is 0.284. The summed E-state index contributed by atoms with van der Waals surface area (Å²) in [4.78, 5) is 1.16. The molecule has 1 unspecified atom stereocenters. The van der Waals surface area contributed by atoms with Gasteiger partial charge in [-0.05, 0) is 59.4 Å². The molecule has 0 saturated heterocycles. The van der Waals surface area contributed by atoms with Gasteiger partial charge in [0, 0.05) is 22.5 Å². The first kappa shape index (κ1) is 14.5. The molecule has 2 rings (SSSR count). The van der Waals surface area contributed by atoms with Gasteiger partial charge in [-0.2, -0.15) is 0 Å². The lowest BCUT2D eigenvalue weighted by Gasteiger charge is -2.17. The standard InChI is InChI=1S/C12H16BrN5S/c1-4-14-8(2)10-7-9(13)5-6-11(10)19-12-15-16-17-18(12)3/h5-8,14H,4H2,1-3H3. The number of benzene rings is 1. The summed E-state index contributed by atoms with van der Waals surface area (Å²) in [6.45, 7) is 5.20. The topological polar surface area (TPSA) is 55.6 Å². The second kappa shape index (κ2) is 6.49. The molecule has 1 atom stereocenters. The smallest absolute Gasteiger partial charge is 0.213 e. The van der Waals surface area contributed by atoms with Crippen LogP contribution in [0.25, 0.3) is 0 Å². The molecular weight excluding hydrogens is 326 g/mol. The third-order valence-electron chi connectivity index (χ3n) is 2.73. The molecule has 1 aromatic carbocycles. The van der Waals surface area contributed by atoms with E-state index in [4.69, 9.17) is 0 Å². The zero-order valence-corrected chi connectivity index (χ0v) is 13.5. The Morgan fingerprint density at radius 2 is 2.26 bits per heavy atom. The van der Waals surface area contributed by atoms with Gasteiger partial charge in [0.25, 0.3) is 0 Å². The van der Waals surface area contributed by atoms with Crippen molar-refractivity contribution >= 4 is 27.7 Å². The fourth-order valence-corrected chi connectivity index (χ4v) is 3.08. The first-order valence-corrected chi connectivity index (χ1v) is 7.65. The summed E-state index contributed by atoms with van der Waals surface area (Å²) in [6.07, 6.45) is 0. The highest BCUT2D eigenvalue weighted by Gasteiger charge is 2.14. The Bertz CT molecular complexity index is 557. The highest BCUT2D eigenvalue weighted by molar-refractivity contribution is 9.10. The fourth-order valence-electron chi connectivity index (χ4n) is 1.77. The van der Waals surface area contributed by atoms with Crippen molar-refractivity contribution in [1.82, 2.24) is 25.5 Å². The predicted molar refractivity (Wildman–Crippen MR) is 79.2 cm³/mol. The van der Waals surface area contributed by atoms with E-state index in [-0.39, 0.29) is 6.04 Å². The van der Waals surface area contributed by atoms with Gasteiger partial charge in [-0.1, -0.05) is 22.9 Å². The van der Waals surface area contributed by atoms with Gasteiger partial charge < -0.3 is 5.32 Å². The maximum absolute atomic E-state index is 4.01. The van der Waals surface area contributed by atoms with Crippen LogP contribution in [0.3, 0.4) is 0 Å². The molecule has 0 saturated carbocycles. The van der Waals surface area contributed by atoms with Crippen LogP contribution in [0.2, 0.25) is 0 Å². The molecule has 0 aliphatic rings. The third kappa shape index (κ3) is 3.55. The number of halogens is 1. The predicted octanol–water partition coefficient (Wildman–Crippen LogP) is 2.79. The van der Waals surface area contributed by atoms with Gasteiger partial charge in [-0.25, -0.2) is 4.68 Å². The van der Waals surface area contributed by atoms with Crippen molar-refractivity contribution in [1.29, 1.82) is 0 Å². The van der Waals surface area contributed by atoms with E-state index in [9.17, 15) is 0 Å². The Balaban J connectivity index is 2.31. The van der Waals surface area contributed by atoms with Gasteiger partial charge >= 0.3 is 0 Å². The molecule has 7 heteroatoms. The molecule has 19 heavy (non-hydrogen) atoms. The molecule has 0 aliphatic carbocycles. The summed E-state index contributed by atoms with van der Waals surface area (Å²) >= 11 is 5.10. The maximum Gasteiger partial charge on any atom is 0.213 e. The van der Waals surface area contributed by atoms with Gasteiger partial charge in [0.1, 0.15) is 0 Å². The Labute approximate surface area is 125 Å². The molecular formula is C12H16BrN5S. The van der Waals surface area contributed by atoms with Crippen molar-refractivity contribution in [3.05, 3.63) is 28.2 Å². The average molecular weight is 342 g/mol. The number of tetrazole rings is 1. The minimum Gasteiger partial charge on any atom is -0.310 e. The lowest BCUT2D eigenvalue weighted by Crippen LogP contribution is -2.18. The van der Waals surface area contributed by atoms with Gasteiger partial charge in [-0.15, -0.1) is 5.10 Å². The van der Waals surface area contributed by atoms with Crippen molar-refractivity contribution in [2.45, 2.75) is 29.9 Å². The van der Waals surface area contributed by atoms with E-state index in [1.165, 1.54) is 5.56 Å². The van der Waals surface area contributed by atoms with Crippen LogP contribution in [-0.4, -0.2) is 26.8 Å². The second-order valence-corrected chi connectivity index (χ2v) is 6.07. The van der Waals surface area contributed by atoms with Gasteiger partial charge in [0.05, 0.1) is 0 Å². The van der Waals surface area contributed by atoms with E-state index < -0.39 is 0 Å². The molecule has 5 nitrogen and oxygen atoms in total. The fraction of sp³-hybridized carbons (Fsp3) is 0.417. The highest BCUT2D eigenvalue weighted by Crippen LogP contribution is 2.33. The number of hydrogen-bond donors (Lipinski definition) is 1. The molecule has 1 N–H and O–H groups in total. The van der Waals surface area contributed by atoms with Crippen molar-refractivity contribution in [3.8, 4) is 0 Å². The molecule has 0 amide bonds. The van der Waals surface area contributed by atoms with Crippen LogP contribution in [-0.2, 0) is 7.05 Å². The summed E-state index contributed by atoms with van der Waals surface area (Å²) in [5.74, 6) is 0. The van der Waals surface area contributed by atoms with Crippen molar-refractivity contribution in [3.63, 3.8) is 0 Å². The van der Waals surface area contributed by atoms with Crippen molar-refractivity contribution in [2.24, 2.45) is 7.05 Å². The monoisotopic (exact) mass is 341 g/mol. The maximum atomic E-state index is 4.01. The van der Waals surface area contributed by atoms with Gasteiger partial charge in [0.15, 0.2) is 0 Å². The number of aryl methyl sites for hydroxylation is 1. The van der Waals surface area contributed by atoms with Crippen LogP contribution in [0.1, 0.15) is 25.5 Å².